The van der Waals surface area contributed by atoms with Gasteiger partial charge < -0.3 is 56.1 Å². The maximum absolute atomic E-state index is 12.5. The smallest absolute Gasteiger partial charge is 0.292 e. The molecule has 13 N–H and O–H groups in total. The Morgan fingerprint density at radius 2 is 1.37 bits per heavy atom. The summed E-state index contributed by atoms with van der Waals surface area (Å²) in [6.45, 7) is 8.20. The number of hydrogen-bond donors (Lipinski definition) is 11. The van der Waals surface area contributed by atoms with Crippen LogP contribution >= 0.6 is 15.0 Å². The highest BCUT2D eigenvalue weighted by Gasteiger charge is 2.27. The van der Waals surface area contributed by atoms with Gasteiger partial charge >= 0.3 is 0 Å². The molecule has 0 fully saturated rings. The predicted molar refractivity (Wildman–Crippen MR) is 198 cm³/mol. The third kappa shape index (κ3) is 13.2. The number of aromatic nitrogens is 6. The number of nitrogens with two attached hydrogens (primary N) is 2. The zero-order valence-corrected chi connectivity index (χ0v) is 31.3. The van der Waals surface area contributed by atoms with E-state index in [2.05, 4.69) is 51.0 Å². The van der Waals surface area contributed by atoms with Gasteiger partial charge in [0, 0.05) is 19.6 Å². The zero-order valence-electron chi connectivity index (χ0n) is 29.5. The molecule has 0 spiro atoms. The third-order valence-electron chi connectivity index (χ3n) is 7.89. The van der Waals surface area contributed by atoms with E-state index >= 15 is 0 Å². The van der Waals surface area contributed by atoms with Crippen LogP contribution in [0.3, 0.4) is 0 Å². The van der Waals surface area contributed by atoms with Crippen LogP contribution in [-0.2, 0) is 25.1 Å². The number of fused-ring (bicyclic) bond motifs is 2. The molecule has 1 aliphatic heterocycles. The van der Waals surface area contributed by atoms with Gasteiger partial charge in [-0.1, -0.05) is 0 Å². The van der Waals surface area contributed by atoms with Crippen molar-refractivity contribution in [1.82, 2.24) is 50.3 Å². The molecule has 292 valence electrons. The normalized spacial score (nSPS) is 16.3. The van der Waals surface area contributed by atoms with Crippen molar-refractivity contribution in [3.05, 3.63) is 27.0 Å². The lowest BCUT2D eigenvalue weighted by Gasteiger charge is -2.23. The molecule has 4 atom stereocenters. The first-order valence-corrected chi connectivity index (χ1v) is 20.8. The van der Waals surface area contributed by atoms with Gasteiger partial charge in [-0.3, -0.25) is 28.7 Å². The van der Waals surface area contributed by atoms with Crippen molar-refractivity contribution < 1.29 is 28.4 Å². The van der Waals surface area contributed by atoms with E-state index in [1.165, 1.54) is 6.33 Å². The van der Waals surface area contributed by atoms with Crippen LogP contribution in [0.5, 0.6) is 0 Å². The SMILES string of the molecule is CC(CN1CNc2c1nc(N)[nH]c2=O)OCP(=O)(O)NCCCNCCCCNCCCNP(=O)(O)COC(C)Cn1cnc2c(=O)[nH]c(N)nc21. The second kappa shape index (κ2) is 19.6. The van der Waals surface area contributed by atoms with Gasteiger partial charge in [0.05, 0.1) is 31.7 Å². The number of rotatable bonds is 25. The van der Waals surface area contributed by atoms with E-state index in [9.17, 15) is 28.5 Å². The summed E-state index contributed by atoms with van der Waals surface area (Å²) < 4.78 is 37.8. The molecule has 52 heavy (non-hydrogen) atoms. The fourth-order valence-corrected chi connectivity index (χ4v) is 7.41. The Morgan fingerprint density at radius 1 is 0.827 bits per heavy atom. The first kappa shape index (κ1) is 41.3. The maximum atomic E-state index is 12.5. The molecule has 4 rings (SSSR count). The lowest BCUT2D eigenvalue weighted by molar-refractivity contribution is 0.0816. The van der Waals surface area contributed by atoms with Crippen LogP contribution in [0, 0.1) is 0 Å². The quantitative estimate of drug-likeness (QED) is 0.0373. The molecule has 0 saturated heterocycles. The lowest BCUT2D eigenvalue weighted by Crippen LogP contribution is -2.33. The minimum Gasteiger partial charge on any atom is -0.369 e. The van der Waals surface area contributed by atoms with Crippen LogP contribution in [-0.4, -0.2) is 117 Å². The highest BCUT2D eigenvalue weighted by molar-refractivity contribution is 7.55. The number of nitrogen functional groups attached to an aromatic ring is 2. The molecule has 3 aromatic rings. The van der Waals surface area contributed by atoms with Gasteiger partial charge in [-0.2, -0.15) is 9.97 Å². The molecule has 1 aliphatic rings. The lowest BCUT2D eigenvalue weighted by atomic mass is 10.3. The van der Waals surface area contributed by atoms with Gasteiger partial charge in [-0.15, -0.1) is 0 Å². The van der Waals surface area contributed by atoms with Crippen molar-refractivity contribution in [2.75, 3.05) is 86.9 Å². The van der Waals surface area contributed by atoms with E-state index in [0.717, 1.165) is 25.9 Å². The topological polar surface area (TPSA) is 318 Å². The minimum absolute atomic E-state index is 0.0123. The standard InChI is InChI=1S/C28H52N14O8P2/c1-19(13-41-15-33-21-23(41)37-27(29)39-25(21)43)49-17-51(45,46)35-11-5-9-31-7-3-4-8-32-10-6-12-36-52(47,48)18-50-20(2)14-42-16-34-22-24(42)38-28(30)40-26(22)44/h15,19-20,31-32,34H,3-14,16-18H2,1-2H3,(H2,35,45,46)(H2,36,47,48)(H3,29,37,39,43)(H3,30,38,40,44). The average Bonchev–Trinajstić information content (AvgIpc) is 3.67. The van der Waals surface area contributed by atoms with Crippen LogP contribution in [0.25, 0.3) is 11.2 Å². The summed E-state index contributed by atoms with van der Waals surface area (Å²) in [4.78, 5) is 63.3. The van der Waals surface area contributed by atoms with Gasteiger partial charge in [0.2, 0.25) is 11.9 Å². The molecule has 0 saturated carbocycles. The van der Waals surface area contributed by atoms with E-state index in [-0.39, 0.29) is 42.2 Å². The summed E-state index contributed by atoms with van der Waals surface area (Å²) in [5, 5.41) is 15.0. The number of hydrogen-bond acceptors (Lipinski definition) is 15. The molecule has 0 aromatic carbocycles. The number of aromatic amines is 2. The molecule has 0 aliphatic carbocycles. The van der Waals surface area contributed by atoms with Crippen molar-refractivity contribution in [1.29, 1.82) is 0 Å². The summed E-state index contributed by atoms with van der Waals surface area (Å²) in [6, 6.07) is 0. The van der Waals surface area contributed by atoms with Crippen LogP contribution in [0.2, 0.25) is 0 Å². The number of ether oxygens (including phenoxy) is 2. The Kier molecular flexibility index (Phi) is 15.6. The summed E-state index contributed by atoms with van der Waals surface area (Å²) in [5.74, 6) is 0.408. The molecule has 3 aromatic heterocycles. The van der Waals surface area contributed by atoms with Crippen molar-refractivity contribution in [3.63, 3.8) is 0 Å². The first-order chi connectivity index (χ1) is 24.7. The molecule has 0 bridgehead atoms. The van der Waals surface area contributed by atoms with E-state index in [4.69, 9.17) is 20.9 Å². The van der Waals surface area contributed by atoms with Crippen LogP contribution < -0.4 is 53.6 Å². The fraction of sp³-hybridized carbons (Fsp3) is 0.679. The van der Waals surface area contributed by atoms with E-state index in [1.807, 2.05) is 0 Å². The molecule has 24 heteroatoms. The van der Waals surface area contributed by atoms with Gasteiger partial charge in [0.15, 0.2) is 17.0 Å². The van der Waals surface area contributed by atoms with Crippen molar-refractivity contribution in [2.45, 2.75) is 58.3 Å². The zero-order chi connectivity index (χ0) is 37.7. The molecule has 4 unspecified atom stereocenters. The Morgan fingerprint density at radius 3 is 1.98 bits per heavy atom. The highest BCUT2D eigenvalue weighted by atomic mass is 31.2. The van der Waals surface area contributed by atoms with Crippen molar-refractivity contribution >= 4 is 49.6 Å². The summed E-state index contributed by atoms with van der Waals surface area (Å²) >= 11 is 0. The van der Waals surface area contributed by atoms with Gasteiger partial charge in [-0.05, 0) is 65.7 Å². The number of anilines is 4. The van der Waals surface area contributed by atoms with Gasteiger partial charge in [-0.25, -0.2) is 15.2 Å². The maximum Gasteiger partial charge on any atom is 0.292 e. The number of nitrogens with one attached hydrogen (secondary N) is 7. The molecule has 0 amide bonds. The summed E-state index contributed by atoms with van der Waals surface area (Å²) in [6.07, 6.45) is 3.11. The second-order valence-corrected chi connectivity index (χ2v) is 16.5. The summed E-state index contributed by atoms with van der Waals surface area (Å²) in [7, 11) is -7.38. The van der Waals surface area contributed by atoms with Crippen LogP contribution in [0.1, 0.15) is 39.5 Å². The van der Waals surface area contributed by atoms with Crippen molar-refractivity contribution in [2.24, 2.45) is 0 Å². The minimum atomic E-state index is -3.70. The first-order valence-electron chi connectivity index (χ1n) is 17.1. The highest BCUT2D eigenvalue weighted by Crippen LogP contribution is 2.36. The number of imidazole rings is 1. The van der Waals surface area contributed by atoms with Crippen LogP contribution in [0.4, 0.5) is 23.4 Å². The largest absolute Gasteiger partial charge is 0.369 e. The third-order valence-corrected chi connectivity index (χ3v) is 10.3. The summed E-state index contributed by atoms with van der Waals surface area (Å²) in [5.41, 5.74) is 11.3. The number of H-pyrrole nitrogens is 2. The Bertz CT molecular complexity index is 1810. The Hall–Kier alpha value is -3.43. The fourth-order valence-electron chi connectivity index (χ4n) is 5.30. The van der Waals surface area contributed by atoms with E-state index in [1.54, 1.807) is 23.3 Å². The molecular weight excluding hydrogens is 722 g/mol. The monoisotopic (exact) mass is 774 g/mol. The molecular formula is C28H52N14O8P2. The van der Waals surface area contributed by atoms with Gasteiger partial charge in [0.25, 0.3) is 26.2 Å². The Labute approximate surface area is 300 Å². The molecule has 4 heterocycles. The number of nitrogens with zero attached hydrogens (tertiary/aromatic N) is 5. The molecule has 0 radical (unpaired) electrons. The second-order valence-electron chi connectivity index (χ2n) is 12.6. The van der Waals surface area contributed by atoms with Gasteiger partial charge in [0.1, 0.15) is 18.4 Å². The van der Waals surface area contributed by atoms with Crippen molar-refractivity contribution in [3.8, 4) is 0 Å². The Balaban J connectivity index is 0.943. The average molecular weight is 775 g/mol. The number of unbranched alkanes of at least 4 members (excludes halogenated alkanes) is 1. The van der Waals surface area contributed by atoms with Crippen LogP contribution in [0.15, 0.2) is 15.9 Å². The molecule has 22 nitrogen and oxygen atoms in total. The van der Waals surface area contributed by atoms with E-state index < -0.39 is 32.8 Å². The van der Waals surface area contributed by atoms with E-state index in [0.29, 0.717) is 69.4 Å². The predicted octanol–water partition coefficient (Wildman–Crippen LogP) is -0.728.